The number of anilines is 1. The van der Waals surface area contributed by atoms with Gasteiger partial charge in [0.15, 0.2) is 11.7 Å². The highest BCUT2D eigenvalue weighted by atomic mass is 19.4. The van der Waals surface area contributed by atoms with Crippen molar-refractivity contribution in [1.82, 2.24) is 20.1 Å². The van der Waals surface area contributed by atoms with E-state index in [4.69, 9.17) is 0 Å². The van der Waals surface area contributed by atoms with Gasteiger partial charge in [0.25, 0.3) is 5.91 Å². The van der Waals surface area contributed by atoms with Gasteiger partial charge in [-0.2, -0.15) is 23.3 Å². The predicted molar refractivity (Wildman–Crippen MR) is 93.1 cm³/mol. The van der Waals surface area contributed by atoms with Crippen molar-refractivity contribution in [2.24, 2.45) is 18.1 Å². The lowest BCUT2D eigenvalue weighted by Crippen LogP contribution is -2.41. The average molecular weight is 394 g/mol. The third-order valence-corrected chi connectivity index (χ3v) is 4.30. The topological polar surface area (TPSA) is 92.5 Å². The molecule has 1 aromatic heterocycles. The van der Waals surface area contributed by atoms with Gasteiger partial charge in [-0.3, -0.25) is 9.59 Å². The summed E-state index contributed by atoms with van der Waals surface area (Å²) in [5.41, 5.74) is -0.782. The summed E-state index contributed by atoms with van der Waals surface area (Å²) in [5, 5.41) is 15.1. The summed E-state index contributed by atoms with van der Waals surface area (Å²) in [6.45, 7) is 3.15. The number of hydrazone groups is 1. The minimum atomic E-state index is -4.56. The average Bonchev–Trinajstić information content (AvgIpc) is 3.17. The van der Waals surface area contributed by atoms with E-state index in [-0.39, 0.29) is 11.4 Å². The van der Waals surface area contributed by atoms with E-state index in [1.165, 1.54) is 25.4 Å². The molecule has 2 atom stereocenters. The molecule has 148 valence electrons. The number of nitrogens with one attached hydrogen (secondary N) is 1. The third-order valence-electron chi connectivity index (χ3n) is 4.30. The number of hydrogen-bond acceptors (Lipinski definition) is 5. The Kier molecular flexibility index (Phi) is 4.92. The van der Waals surface area contributed by atoms with Gasteiger partial charge in [-0.1, -0.05) is 6.07 Å². The first-order valence-corrected chi connectivity index (χ1v) is 8.30. The maximum absolute atomic E-state index is 12.9. The minimum Gasteiger partial charge on any atom is -0.345 e. The number of carbonyl (C=O) groups excluding carboxylic acids is 2. The Morgan fingerprint density at radius 2 is 2.04 bits per heavy atom. The summed E-state index contributed by atoms with van der Waals surface area (Å²) >= 11 is 0. The number of rotatable bonds is 4. The number of benzene rings is 1. The summed E-state index contributed by atoms with van der Waals surface area (Å²) in [4.78, 5) is 25.3. The van der Waals surface area contributed by atoms with Gasteiger partial charge in [0.2, 0.25) is 5.91 Å². The molecule has 0 radical (unpaired) electrons. The number of nitrogens with zero attached hydrogens (tertiary/aromatic N) is 5. The molecule has 1 N–H and O–H groups in total. The van der Waals surface area contributed by atoms with Crippen molar-refractivity contribution in [1.29, 1.82) is 0 Å². The molecule has 0 bridgehead atoms. The lowest BCUT2D eigenvalue weighted by Gasteiger charge is -2.18. The van der Waals surface area contributed by atoms with Crippen LogP contribution in [0.5, 0.6) is 0 Å². The fraction of sp³-hybridized carbons (Fsp3) is 0.353. The smallest absolute Gasteiger partial charge is 0.345 e. The SMILES string of the molecule is CC1=NN(c2cccc(C(F)(F)F)c2)C(=O)[C@H]1C(=O)N[C@@H](C)c1nncn1C. The molecule has 0 saturated heterocycles. The molecular formula is C17H17F3N6O2. The number of aryl methyl sites for hydroxylation is 1. The van der Waals surface area contributed by atoms with E-state index in [2.05, 4.69) is 20.6 Å². The molecule has 8 nitrogen and oxygen atoms in total. The van der Waals surface area contributed by atoms with Crippen molar-refractivity contribution in [3.63, 3.8) is 0 Å². The highest BCUT2D eigenvalue weighted by Crippen LogP contribution is 2.33. The minimum absolute atomic E-state index is 0.0594. The van der Waals surface area contributed by atoms with E-state index in [0.29, 0.717) is 5.82 Å². The van der Waals surface area contributed by atoms with E-state index in [1.54, 1.807) is 18.5 Å². The van der Waals surface area contributed by atoms with Crippen LogP contribution < -0.4 is 10.3 Å². The highest BCUT2D eigenvalue weighted by molar-refractivity contribution is 6.26. The molecule has 0 unspecified atom stereocenters. The van der Waals surface area contributed by atoms with Crippen LogP contribution in [0.2, 0.25) is 0 Å². The first-order chi connectivity index (χ1) is 13.1. The molecule has 3 rings (SSSR count). The summed E-state index contributed by atoms with van der Waals surface area (Å²) in [5.74, 6) is -2.08. The van der Waals surface area contributed by atoms with Crippen LogP contribution in [0, 0.1) is 5.92 Å². The second-order valence-corrected chi connectivity index (χ2v) is 6.40. The molecular weight excluding hydrogens is 377 g/mol. The van der Waals surface area contributed by atoms with Gasteiger partial charge in [0, 0.05) is 7.05 Å². The molecule has 0 aliphatic carbocycles. The first-order valence-electron chi connectivity index (χ1n) is 8.30. The van der Waals surface area contributed by atoms with Crippen molar-refractivity contribution in [2.75, 3.05) is 5.01 Å². The zero-order chi connectivity index (χ0) is 20.6. The Balaban J connectivity index is 1.79. The van der Waals surface area contributed by atoms with Gasteiger partial charge in [-0.05, 0) is 32.0 Å². The molecule has 0 saturated carbocycles. The Labute approximate surface area is 158 Å². The number of alkyl halides is 3. The molecule has 0 spiro atoms. The van der Waals surface area contributed by atoms with Gasteiger partial charge in [-0.25, -0.2) is 0 Å². The summed E-state index contributed by atoms with van der Waals surface area (Å²) < 4.78 is 40.4. The molecule has 2 heterocycles. The quantitative estimate of drug-likeness (QED) is 0.804. The molecule has 0 fully saturated rings. The van der Waals surface area contributed by atoms with E-state index in [1.807, 2.05) is 0 Å². The predicted octanol–water partition coefficient (Wildman–Crippen LogP) is 2.05. The molecule has 1 aliphatic rings. The van der Waals surface area contributed by atoms with Crippen LogP contribution in [-0.2, 0) is 22.8 Å². The van der Waals surface area contributed by atoms with Gasteiger partial charge >= 0.3 is 6.18 Å². The summed E-state index contributed by atoms with van der Waals surface area (Å²) in [7, 11) is 1.71. The fourth-order valence-corrected chi connectivity index (χ4v) is 2.91. The van der Waals surface area contributed by atoms with Gasteiger partial charge in [-0.15, -0.1) is 10.2 Å². The second kappa shape index (κ2) is 7.06. The van der Waals surface area contributed by atoms with E-state index >= 15 is 0 Å². The van der Waals surface area contributed by atoms with Crippen molar-refractivity contribution in [2.45, 2.75) is 26.1 Å². The number of hydrogen-bond donors (Lipinski definition) is 1. The van der Waals surface area contributed by atoms with E-state index in [9.17, 15) is 22.8 Å². The number of halogens is 3. The Morgan fingerprint density at radius 3 is 2.64 bits per heavy atom. The zero-order valence-corrected chi connectivity index (χ0v) is 15.2. The Bertz CT molecular complexity index is 952. The summed E-state index contributed by atoms with van der Waals surface area (Å²) in [6, 6.07) is 3.69. The van der Waals surface area contributed by atoms with Gasteiger partial charge in [0.1, 0.15) is 6.33 Å². The van der Waals surface area contributed by atoms with E-state index < -0.39 is 35.5 Å². The molecule has 2 amide bonds. The third kappa shape index (κ3) is 3.59. The van der Waals surface area contributed by atoms with Crippen molar-refractivity contribution in [3.05, 3.63) is 42.0 Å². The van der Waals surface area contributed by atoms with Crippen molar-refractivity contribution >= 4 is 23.2 Å². The van der Waals surface area contributed by atoms with Crippen LogP contribution in [0.4, 0.5) is 18.9 Å². The van der Waals surface area contributed by atoms with Crippen molar-refractivity contribution < 1.29 is 22.8 Å². The standard InChI is InChI=1S/C17H17F3N6O2/c1-9-13(15(27)22-10(2)14-23-21-8-25(14)3)16(28)26(24-9)12-6-4-5-11(7-12)17(18,19)20/h4-8,10,13H,1-3H3,(H,22,27)/t10-,13+/m0/s1. The largest absolute Gasteiger partial charge is 0.416 e. The van der Waals surface area contributed by atoms with E-state index in [0.717, 1.165) is 17.1 Å². The second-order valence-electron chi connectivity index (χ2n) is 6.40. The molecule has 1 aromatic carbocycles. The lowest BCUT2D eigenvalue weighted by atomic mass is 10.0. The monoisotopic (exact) mass is 394 g/mol. The Morgan fingerprint density at radius 1 is 1.32 bits per heavy atom. The maximum atomic E-state index is 12.9. The maximum Gasteiger partial charge on any atom is 0.416 e. The highest BCUT2D eigenvalue weighted by Gasteiger charge is 2.41. The first kappa shape index (κ1) is 19.5. The lowest BCUT2D eigenvalue weighted by molar-refractivity contribution is -0.137. The van der Waals surface area contributed by atoms with Crippen LogP contribution in [0.1, 0.15) is 31.3 Å². The zero-order valence-electron chi connectivity index (χ0n) is 15.2. The number of aromatic nitrogens is 3. The normalized spacial score (nSPS) is 18.2. The number of carbonyl (C=O) groups is 2. The molecule has 2 aromatic rings. The molecule has 11 heteroatoms. The van der Waals surface area contributed by atoms with Crippen molar-refractivity contribution in [3.8, 4) is 0 Å². The van der Waals surface area contributed by atoms with Crippen LogP contribution in [0.3, 0.4) is 0 Å². The van der Waals surface area contributed by atoms with Crippen LogP contribution >= 0.6 is 0 Å². The van der Waals surface area contributed by atoms with Gasteiger partial charge in [0.05, 0.1) is 23.0 Å². The Hall–Kier alpha value is -3.24. The molecule has 1 aliphatic heterocycles. The fourth-order valence-electron chi connectivity index (χ4n) is 2.91. The molecule has 28 heavy (non-hydrogen) atoms. The summed E-state index contributed by atoms with van der Waals surface area (Å²) in [6.07, 6.45) is -3.08. The number of amides is 2. The van der Waals surface area contributed by atoms with Crippen LogP contribution in [0.15, 0.2) is 35.7 Å². The van der Waals surface area contributed by atoms with Crippen LogP contribution in [0.25, 0.3) is 0 Å². The van der Waals surface area contributed by atoms with Crippen LogP contribution in [-0.4, -0.2) is 32.3 Å². The van der Waals surface area contributed by atoms with Gasteiger partial charge < -0.3 is 9.88 Å².